The Bertz CT molecular complexity index is 1200. The summed E-state index contributed by atoms with van der Waals surface area (Å²) in [5.41, 5.74) is 3.05. The van der Waals surface area contributed by atoms with Crippen molar-refractivity contribution in [2.24, 2.45) is 0 Å². The normalized spacial score (nSPS) is 12.5. The van der Waals surface area contributed by atoms with E-state index in [9.17, 15) is 9.59 Å². The number of nitrogens with zero attached hydrogens (tertiary/aromatic N) is 3. The minimum Gasteiger partial charge on any atom is -0.463 e. The molecule has 0 bridgehead atoms. The number of benzene rings is 1. The fourth-order valence-electron chi connectivity index (χ4n) is 3.62. The van der Waals surface area contributed by atoms with E-state index in [1.54, 1.807) is 16.7 Å². The predicted octanol–water partition coefficient (Wildman–Crippen LogP) is 3.25. The topological polar surface area (TPSA) is 81.5 Å². The van der Waals surface area contributed by atoms with Gasteiger partial charge in [0.25, 0.3) is 5.56 Å². The average Bonchev–Trinajstić information content (AvgIpc) is 3.32. The van der Waals surface area contributed by atoms with Crippen LogP contribution in [0.25, 0.3) is 16.6 Å². The lowest BCUT2D eigenvalue weighted by Crippen LogP contribution is -2.29. The van der Waals surface area contributed by atoms with E-state index in [4.69, 9.17) is 4.42 Å². The number of fused-ring (bicyclic) bond motifs is 3. The summed E-state index contributed by atoms with van der Waals surface area (Å²) >= 11 is 0. The fourth-order valence-corrected chi connectivity index (χ4v) is 3.62. The molecule has 0 aliphatic rings. The van der Waals surface area contributed by atoms with Crippen LogP contribution >= 0.6 is 0 Å². The lowest BCUT2D eigenvalue weighted by molar-refractivity contribution is -0.121. The molecule has 4 rings (SSSR count). The minimum absolute atomic E-state index is 0.0150. The molecule has 0 aliphatic carbocycles. The number of rotatable bonds is 7. The standard InChI is InChI=1S/C22H24N4O3/c1-15(17-7-4-3-5-8-17)14-23-21(27)9-6-11-25-22(28)19-13-20-18(10-12-29-20)26(19)16(2)24-25/h3-5,7-8,10,12-13,15H,6,9,11,14H2,1-2H3,(H,23,27)/t15-/m1/s1. The van der Waals surface area contributed by atoms with Crippen molar-refractivity contribution in [1.29, 1.82) is 0 Å². The summed E-state index contributed by atoms with van der Waals surface area (Å²) in [6.45, 7) is 4.93. The Labute approximate surface area is 167 Å². The lowest BCUT2D eigenvalue weighted by Gasteiger charge is -2.13. The predicted molar refractivity (Wildman–Crippen MR) is 111 cm³/mol. The zero-order valence-corrected chi connectivity index (χ0v) is 16.6. The van der Waals surface area contributed by atoms with Gasteiger partial charge in [-0.15, -0.1) is 0 Å². The molecule has 7 nitrogen and oxygen atoms in total. The highest BCUT2D eigenvalue weighted by Gasteiger charge is 2.14. The van der Waals surface area contributed by atoms with Crippen LogP contribution in [0.1, 0.15) is 37.1 Å². The van der Waals surface area contributed by atoms with Crippen molar-refractivity contribution in [3.05, 3.63) is 70.5 Å². The first-order chi connectivity index (χ1) is 14.0. The molecule has 0 aliphatic heterocycles. The van der Waals surface area contributed by atoms with Crippen LogP contribution in [0.2, 0.25) is 0 Å². The quantitative estimate of drug-likeness (QED) is 0.523. The highest BCUT2D eigenvalue weighted by molar-refractivity contribution is 5.82. The molecule has 0 radical (unpaired) electrons. The van der Waals surface area contributed by atoms with Crippen molar-refractivity contribution >= 4 is 22.5 Å². The minimum atomic E-state index is -0.180. The molecule has 1 amide bonds. The first kappa shape index (κ1) is 19.0. The Morgan fingerprint density at radius 3 is 2.79 bits per heavy atom. The Hall–Kier alpha value is -3.35. The molecule has 3 aromatic heterocycles. The summed E-state index contributed by atoms with van der Waals surface area (Å²) < 4.78 is 8.63. The summed E-state index contributed by atoms with van der Waals surface area (Å²) in [5.74, 6) is 0.943. The van der Waals surface area contributed by atoms with Crippen LogP contribution < -0.4 is 10.9 Å². The van der Waals surface area contributed by atoms with Crippen molar-refractivity contribution in [2.45, 2.75) is 39.2 Å². The van der Waals surface area contributed by atoms with Gasteiger partial charge in [-0.1, -0.05) is 37.3 Å². The summed E-state index contributed by atoms with van der Waals surface area (Å²) in [5, 5.41) is 7.38. The average molecular weight is 392 g/mol. The number of nitrogens with one attached hydrogen (secondary N) is 1. The highest BCUT2D eigenvalue weighted by Crippen LogP contribution is 2.20. The van der Waals surface area contributed by atoms with E-state index in [1.165, 1.54) is 10.2 Å². The third-order valence-electron chi connectivity index (χ3n) is 5.21. The van der Waals surface area contributed by atoms with E-state index in [1.807, 2.05) is 31.2 Å². The second-order valence-corrected chi connectivity index (χ2v) is 7.33. The molecule has 0 unspecified atom stereocenters. The van der Waals surface area contributed by atoms with Gasteiger partial charge in [0, 0.05) is 31.6 Å². The van der Waals surface area contributed by atoms with E-state index in [0.29, 0.717) is 42.9 Å². The SMILES string of the molecule is Cc1nn(CCCC(=O)NC[C@@H](C)c2ccccc2)c(=O)c2cc3occc3n12. The van der Waals surface area contributed by atoms with E-state index in [2.05, 4.69) is 29.5 Å². The Balaban J connectivity index is 1.35. The van der Waals surface area contributed by atoms with Crippen LogP contribution in [0.4, 0.5) is 0 Å². The molecular formula is C22H24N4O3. The van der Waals surface area contributed by atoms with Crippen LogP contribution in [0.5, 0.6) is 0 Å². The Kier molecular flexibility index (Phi) is 5.20. The molecule has 0 spiro atoms. The van der Waals surface area contributed by atoms with Crippen LogP contribution in [0.15, 0.2) is 57.9 Å². The zero-order valence-electron chi connectivity index (χ0n) is 16.6. The molecule has 1 atom stereocenters. The lowest BCUT2D eigenvalue weighted by atomic mass is 10.0. The number of amides is 1. The van der Waals surface area contributed by atoms with E-state index >= 15 is 0 Å². The molecule has 0 saturated heterocycles. The van der Waals surface area contributed by atoms with Crippen molar-refractivity contribution in [3.8, 4) is 0 Å². The number of aryl methyl sites for hydroxylation is 2. The van der Waals surface area contributed by atoms with Gasteiger partial charge >= 0.3 is 0 Å². The van der Waals surface area contributed by atoms with Gasteiger partial charge in [-0.3, -0.25) is 14.0 Å². The van der Waals surface area contributed by atoms with Gasteiger partial charge in [0.1, 0.15) is 11.3 Å². The van der Waals surface area contributed by atoms with Gasteiger partial charge in [0.2, 0.25) is 5.91 Å². The maximum Gasteiger partial charge on any atom is 0.291 e. The molecule has 1 N–H and O–H groups in total. The second kappa shape index (κ2) is 7.95. The van der Waals surface area contributed by atoms with Gasteiger partial charge in [-0.2, -0.15) is 5.10 Å². The number of hydrogen-bond acceptors (Lipinski definition) is 4. The molecular weight excluding hydrogens is 368 g/mol. The van der Waals surface area contributed by atoms with E-state index < -0.39 is 0 Å². The van der Waals surface area contributed by atoms with Gasteiger partial charge in [0.05, 0.1) is 11.8 Å². The smallest absolute Gasteiger partial charge is 0.291 e. The summed E-state index contributed by atoms with van der Waals surface area (Å²) in [4.78, 5) is 24.9. The molecule has 0 saturated carbocycles. The number of carbonyl (C=O) groups excluding carboxylic acids is 1. The van der Waals surface area contributed by atoms with Gasteiger partial charge < -0.3 is 9.73 Å². The maximum atomic E-state index is 12.7. The zero-order chi connectivity index (χ0) is 20.4. The summed E-state index contributed by atoms with van der Waals surface area (Å²) in [6, 6.07) is 13.7. The van der Waals surface area contributed by atoms with Crippen molar-refractivity contribution in [1.82, 2.24) is 19.5 Å². The maximum absolute atomic E-state index is 12.7. The summed E-state index contributed by atoms with van der Waals surface area (Å²) in [7, 11) is 0. The van der Waals surface area contributed by atoms with Crippen LogP contribution in [-0.2, 0) is 11.3 Å². The summed E-state index contributed by atoms with van der Waals surface area (Å²) in [6.07, 6.45) is 2.49. The molecule has 3 heterocycles. The molecule has 29 heavy (non-hydrogen) atoms. The van der Waals surface area contributed by atoms with Crippen LogP contribution in [-0.4, -0.2) is 26.6 Å². The van der Waals surface area contributed by atoms with Gasteiger partial charge in [-0.05, 0) is 24.8 Å². The third-order valence-corrected chi connectivity index (χ3v) is 5.21. The molecule has 4 aromatic rings. The first-order valence-electron chi connectivity index (χ1n) is 9.82. The van der Waals surface area contributed by atoms with E-state index in [-0.39, 0.29) is 17.4 Å². The Morgan fingerprint density at radius 1 is 1.21 bits per heavy atom. The second-order valence-electron chi connectivity index (χ2n) is 7.33. The first-order valence-corrected chi connectivity index (χ1v) is 9.82. The van der Waals surface area contributed by atoms with Gasteiger partial charge in [-0.25, -0.2) is 4.68 Å². The largest absolute Gasteiger partial charge is 0.463 e. The molecule has 7 heteroatoms. The van der Waals surface area contributed by atoms with Crippen molar-refractivity contribution in [3.63, 3.8) is 0 Å². The van der Waals surface area contributed by atoms with Crippen LogP contribution in [0.3, 0.4) is 0 Å². The molecule has 0 fully saturated rings. The van der Waals surface area contributed by atoms with Gasteiger partial charge in [0.15, 0.2) is 5.58 Å². The Morgan fingerprint density at radius 2 is 2.00 bits per heavy atom. The van der Waals surface area contributed by atoms with Crippen molar-refractivity contribution in [2.75, 3.05) is 6.54 Å². The number of furan rings is 1. The third kappa shape index (κ3) is 3.81. The van der Waals surface area contributed by atoms with E-state index in [0.717, 1.165) is 5.52 Å². The number of carbonyl (C=O) groups is 1. The van der Waals surface area contributed by atoms with Crippen LogP contribution in [0, 0.1) is 6.92 Å². The number of hydrogen-bond donors (Lipinski definition) is 1. The van der Waals surface area contributed by atoms with Crippen molar-refractivity contribution < 1.29 is 9.21 Å². The fraction of sp³-hybridized carbons (Fsp3) is 0.318. The molecule has 150 valence electrons. The monoisotopic (exact) mass is 392 g/mol. The number of aromatic nitrogens is 3. The molecule has 1 aromatic carbocycles. The highest BCUT2D eigenvalue weighted by atomic mass is 16.3.